The van der Waals surface area contributed by atoms with E-state index in [1.54, 1.807) is 4.90 Å². The fourth-order valence-electron chi connectivity index (χ4n) is 1.66. The standard InChI is InChI=1S/C13H21N3O3S/c1-8(2)6-16(9(3)4)13(19)14-5-11-15-10(7-20-11)12(17)18/h7-9H,5-6H2,1-4H3,(H,14,19)(H,17,18). The Labute approximate surface area is 122 Å². The maximum absolute atomic E-state index is 12.1. The summed E-state index contributed by atoms with van der Waals surface area (Å²) < 4.78 is 0. The normalized spacial score (nSPS) is 10.9. The van der Waals surface area contributed by atoms with E-state index in [-0.39, 0.29) is 24.3 Å². The molecule has 0 saturated carbocycles. The Kier molecular flexibility index (Phi) is 5.94. The zero-order valence-electron chi connectivity index (χ0n) is 12.2. The molecule has 1 heterocycles. The van der Waals surface area contributed by atoms with Crippen molar-refractivity contribution < 1.29 is 14.7 Å². The van der Waals surface area contributed by atoms with Gasteiger partial charge in [0.05, 0.1) is 6.54 Å². The molecule has 0 saturated heterocycles. The summed E-state index contributed by atoms with van der Waals surface area (Å²) in [4.78, 5) is 28.5. The minimum Gasteiger partial charge on any atom is -0.476 e. The third-order valence-electron chi connectivity index (χ3n) is 2.61. The number of aromatic nitrogens is 1. The van der Waals surface area contributed by atoms with Crippen molar-refractivity contribution in [2.45, 2.75) is 40.3 Å². The van der Waals surface area contributed by atoms with E-state index in [1.807, 2.05) is 13.8 Å². The van der Waals surface area contributed by atoms with Crippen molar-refractivity contribution >= 4 is 23.3 Å². The van der Waals surface area contributed by atoms with E-state index in [0.29, 0.717) is 17.5 Å². The molecule has 0 aliphatic heterocycles. The minimum atomic E-state index is -1.05. The van der Waals surface area contributed by atoms with Gasteiger partial charge in [0.15, 0.2) is 5.69 Å². The SMILES string of the molecule is CC(C)CN(C(=O)NCc1nc(C(=O)O)cs1)C(C)C. The maximum atomic E-state index is 12.1. The number of carboxylic acids is 1. The van der Waals surface area contributed by atoms with Gasteiger partial charge in [-0.05, 0) is 19.8 Å². The van der Waals surface area contributed by atoms with E-state index in [9.17, 15) is 9.59 Å². The van der Waals surface area contributed by atoms with Crippen molar-refractivity contribution in [3.05, 3.63) is 16.1 Å². The molecule has 112 valence electrons. The predicted molar refractivity (Wildman–Crippen MR) is 78.0 cm³/mol. The molecule has 1 aromatic rings. The van der Waals surface area contributed by atoms with Gasteiger partial charge in [-0.15, -0.1) is 11.3 Å². The Balaban J connectivity index is 2.57. The molecule has 0 aliphatic rings. The fraction of sp³-hybridized carbons (Fsp3) is 0.615. The average Bonchev–Trinajstić information content (AvgIpc) is 2.81. The summed E-state index contributed by atoms with van der Waals surface area (Å²) in [6, 6.07) is -0.0379. The van der Waals surface area contributed by atoms with Crippen molar-refractivity contribution in [3.63, 3.8) is 0 Å². The molecule has 1 aromatic heterocycles. The van der Waals surface area contributed by atoms with Crippen LogP contribution in [0.2, 0.25) is 0 Å². The number of hydrogen-bond donors (Lipinski definition) is 2. The summed E-state index contributed by atoms with van der Waals surface area (Å²) in [5.74, 6) is -0.663. The lowest BCUT2D eigenvalue weighted by Crippen LogP contribution is -2.45. The van der Waals surface area contributed by atoms with Crippen LogP contribution in [0.25, 0.3) is 0 Å². The number of aromatic carboxylic acids is 1. The molecule has 0 atom stereocenters. The van der Waals surface area contributed by atoms with Gasteiger partial charge in [-0.1, -0.05) is 13.8 Å². The van der Waals surface area contributed by atoms with Gasteiger partial charge in [-0.2, -0.15) is 0 Å². The number of urea groups is 1. The number of carbonyl (C=O) groups excluding carboxylic acids is 1. The van der Waals surface area contributed by atoms with Gasteiger partial charge in [0.1, 0.15) is 5.01 Å². The molecule has 2 N–H and O–H groups in total. The summed E-state index contributed by atoms with van der Waals surface area (Å²) in [5, 5.41) is 13.6. The van der Waals surface area contributed by atoms with Crippen molar-refractivity contribution in [1.82, 2.24) is 15.2 Å². The highest BCUT2D eigenvalue weighted by molar-refractivity contribution is 7.09. The van der Waals surface area contributed by atoms with Crippen LogP contribution in [0, 0.1) is 5.92 Å². The number of amides is 2. The van der Waals surface area contributed by atoms with Crippen LogP contribution in [-0.4, -0.2) is 39.6 Å². The van der Waals surface area contributed by atoms with Crippen molar-refractivity contribution in [2.75, 3.05) is 6.54 Å². The van der Waals surface area contributed by atoms with Crippen molar-refractivity contribution in [2.24, 2.45) is 5.92 Å². The second-order valence-electron chi connectivity index (χ2n) is 5.23. The van der Waals surface area contributed by atoms with E-state index in [0.717, 1.165) is 0 Å². The molecule has 1 rings (SSSR count). The highest BCUT2D eigenvalue weighted by Gasteiger charge is 2.18. The molecule has 0 spiro atoms. The Morgan fingerprint density at radius 2 is 2.05 bits per heavy atom. The van der Waals surface area contributed by atoms with Gasteiger partial charge >= 0.3 is 12.0 Å². The molecular weight excluding hydrogens is 278 g/mol. The lowest BCUT2D eigenvalue weighted by molar-refractivity contribution is 0.0691. The molecule has 0 radical (unpaired) electrons. The van der Waals surface area contributed by atoms with Gasteiger partial charge in [-0.25, -0.2) is 14.6 Å². The Hall–Kier alpha value is -1.63. The number of hydrogen-bond acceptors (Lipinski definition) is 4. The topological polar surface area (TPSA) is 82.5 Å². The third kappa shape index (κ3) is 4.80. The number of thiazole rings is 1. The predicted octanol–water partition coefficient (Wildman–Crippen LogP) is 2.42. The van der Waals surface area contributed by atoms with Crippen LogP contribution in [0.15, 0.2) is 5.38 Å². The van der Waals surface area contributed by atoms with Crippen LogP contribution in [-0.2, 0) is 6.54 Å². The highest BCUT2D eigenvalue weighted by Crippen LogP contribution is 2.10. The van der Waals surface area contributed by atoms with Gasteiger partial charge in [0, 0.05) is 18.0 Å². The first-order chi connectivity index (χ1) is 9.31. The van der Waals surface area contributed by atoms with Crippen molar-refractivity contribution in [3.8, 4) is 0 Å². The second kappa shape index (κ2) is 7.23. The summed E-state index contributed by atoms with van der Waals surface area (Å²) in [6.07, 6.45) is 0. The molecule has 0 aromatic carbocycles. The fourth-order valence-corrected chi connectivity index (χ4v) is 2.37. The minimum absolute atomic E-state index is 0.0159. The molecule has 0 unspecified atom stereocenters. The molecule has 7 heteroatoms. The van der Waals surface area contributed by atoms with Crippen molar-refractivity contribution in [1.29, 1.82) is 0 Å². The van der Waals surface area contributed by atoms with Crippen LogP contribution in [0.4, 0.5) is 4.79 Å². The smallest absolute Gasteiger partial charge is 0.355 e. The summed E-state index contributed by atoms with van der Waals surface area (Å²) >= 11 is 1.23. The van der Waals surface area contributed by atoms with Crippen LogP contribution >= 0.6 is 11.3 Å². The first-order valence-corrected chi connectivity index (χ1v) is 7.41. The van der Waals surface area contributed by atoms with E-state index >= 15 is 0 Å². The molecular formula is C13H21N3O3S. The molecule has 20 heavy (non-hydrogen) atoms. The number of nitrogens with zero attached hydrogens (tertiary/aromatic N) is 2. The lowest BCUT2D eigenvalue weighted by Gasteiger charge is -2.28. The molecule has 0 bridgehead atoms. The van der Waals surface area contributed by atoms with E-state index in [4.69, 9.17) is 5.11 Å². The molecule has 0 fully saturated rings. The molecule has 6 nitrogen and oxygen atoms in total. The number of rotatable bonds is 6. The van der Waals surface area contributed by atoms with Gasteiger partial charge in [0.25, 0.3) is 0 Å². The summed E-state index contributed by atoms with van der Waals surface area (Å²) in [7, 11) is 0. The first-order valence-electron chi connectivity index (χ1n) is 6.53. The Bertz CT molecular complexity index is 471. The van der Waals surface area contributed by atoms with E-state index in [1.165, 1.54) is 16.7 Å². The largest absolute Gasteiger partial charge is 0.476 e. The summed E-state index contributed by atoms with van der Waals surface area (Å²) in [5.41, 5.74) is 0.0159. The van der Waals surface area contributed by atoms with Gasteiger partial charge in [-0.3, -0.25) is 0 Å². The van der Waals surface area contributed by atoms with Crippen LogP contribution in [0.1, 0.15) is 43.2 Å². The first kappa shape index (κ1) is 16.4. The quantitative estimate of drug-likeness (QED) is 0.845. The number of carboxylic acid groups (broad SMARTS) is 1. The Morgan fingerprint density at radius 3 is 2.50 bits per heavy atom. The van der Waals surface area contributed by atoms with E-state index in [2.05, 4.69) is 24.1 Å². The second-order valence-corrected chi connectivity index (χ2v) is 6.17. The third-order valence-corrected chi connectivity index (χ3v) is 3.46. The average molecular weight is 299 g/mol. The zero-order valence-corrected chi connectivity index (χ0v) is 13.0. The maximum Gasteiger partial charge on any atom is 0.355 e. The highest BCUT2D eigenvalue weighted by atomic mass is 32.1. The van der Waals surface area contributed by atoms with Gasteiger partial charge < -0.3 is 15.3 Å². The van der Waals surface area contributed by atoms with Crippen LogP contribution in [0.5, 0.6) is 0 Å². The summed E-state index contributed by atoms with van der Waals surface area (Å²) in [6.45, 7) is 8.98. The number of carbonyl (C=O) groups is 2. The van der Waals surface area contributed by atoms with Crippen LogP contribution < -0.4 is 5.32 Å². The van der Waals surface area contributed by atoms with E-state index < -0.39 is 5.97 Å². The Morgan fingerprint density at radius 1 is 1.40 bits per heavy atom. The molecule has 2 amide bonds. The molecule has 0 aliphatic carbocycles. The number of nitrogens with one attached hydrogen (secondary N) is 1. The monoisotopic (exact) mass is 299 g/mol. The lowest BCUT2D eigenvalue weighted by atomic mass is 10.2. The van der Waals surface area contributed by atoms with Crippen LogP contribution in [0.3, 0.4) is 0 Å². The van der Waals surface area contributed by atoms with Gasteiger partial charge in [0.2, 0.25) is 0 Å². The zero-order chi connectivity index (χ0) is 15.3.